The van der Waals surface area contributed by atoms with Crippen LogP contribution in [0.2, 0.25) is 0 Å². The minimum Gasteiger partial charge on any atom is -0.376 e. The lowest BCUT2D eigenvalue weighted by Crippen LogP contribution is -2.37. The highest BCUT2D eigenvalue weighted by Crippen LogP contribution is 2.30. The van der Waals surface area contributed by atoms with Crippen LogP contribution >= 0.6 is 0 Å². The number of nitrogens with one attached hydrogen (secondary N) is 2. The number of carbonyl (C=O) groups excluding carboxylic acids is 2. The fourth-order valence-electron chi connectivity index (χ4n) is 5.34. The Hall–Kier alpha value is -3.71. The molecule has 2 amide bonds. The van der Waals surface area contributed by atoms with Gasteiger partial charge in [0.2, 0.25) is 0 Å². The Morgan fingerprint density at radius 3 is 2.47 bits per heavy atom. The van der Waals surface area contributed by atoms with E-state index in [-0.39, 0.29) is 17.6 Å². The number of hydrogen-bond acceptors (Lipinski definition) is 4. The molecule has 5 rings (SSSR count). The number of nitrogens with zero attached hydrogens (tertiary/aromatic N) is 1. The quantitative estimate of drug-likeness (QED) is 0.419. The van der Waals surface area contributed by atoms with Crippen molar-refractivity contribution in [3.8, 4) is 0 Å². The van der Waals surface area contributed by atoms with Gasteiger partial charge in [0.25, 0.3) is 11.8 Å². The summed E-state index contributed by atoms with van der Waals surface area (Å²) in [4.78, 5) is 28.3. The number of anilines is 2. The van der Waals surface area contributed by atoms with E-state index in [0.29, 0.717) is 23.7 Å². The number of benzene rings is 3. The van der Waals surface area contributed by atoms with E-state index in [1.165, 1.54) is 23.8 Å². The van der Waals surface area contributed by atoms with Crippen molar-refractivity contribution in [1.29, 1.82) is 0 Å². The zero-order valence-electron chi connectivity index (χ0n) is 21.5. The molecule has 3 aromatic carbocycles. The minimum absolute atomic E-state index is 0.0343. The average Bonchev–Trinajstić information content (AvgIpc) is 3.47. The Kier molecular flexibility index (Phi) is 8.34. The van der Waals surface area contributed by atoms with Crippen molar-refractivity contribution in [3.05, 3.63) is 95.3 Å². The van der Waals surface area contributed by atoms with Gasteiger partial charge in [0, 0.05) is 43.2 Å². The summed E-state index contributed by atoms with van der Waals surface area (Å²) in [5, 5.41) is 5.84. The molecule has 6 nitrogen and oxygen atoms in total. The van der Waals surface area contributed by atoms with Crippen LogP contribution in [-0.2, 0) is 11.2 Å². The van der Waals surface area contributed by atoms with Crippen LogP contribution in [0.4, 0.5) is 15.8 Å². The second-order valence-corrected chi connectivity index (χ2v) is 10.2. The van der Waals surface area contributed by atoms with Crippen molar-refractivity contribution in [2.24, 2.45) is 5.92 Å². The van der Waals surface area contributed by atoms with Crippen molar-refractivity contribution < 1.29 is 18.7 Å². The van der Waals surface area contributed by atoms with E-state index in [0.717, 1.165) is 57.5 Å². The van der Waals surface area contributed by atoms with Crippen LogP contribution in [0.25, 0.3) is 0 Å². The van der Waals surface area contributed by atoms with E-state index in [9.17, 15) is 14.0 Å². The van der Waals surface area contributed by atoms with Crippen LogP contribution in [0, 0.1) is 11.7 Å². The molecule has 2 fully saturated rings. The second kappa shape index (κ2) is 12.2. The first-order valence-electron chi connectivity index (χ1n) is 13.4. The molecule has 2 saturated heterocycles. The van der Waals surface area contributed by atoms with Gasteiger partial charge in [-0.1, -0.05) is 36.4 Å². The van der Waals surface area contributed by atoms with Gasteiger partial charge in [-0.2, -0.15) is 0 Å². The monoisotopic (exact) mass is 515 g/mol. The summed E-state index contributed by atoms with van der Waals surface area (Å²) in [5.41, 5.74) is 3.44. The lowest BCUT2D eigenvalue weighted by atomic mass is 9.89. The molecule has 2 heterocycles. The number of hydrogen-bond donors (Lipinski definition) is 2. The first-order valence-corrected chi connectivity index (χ1v) is 13.4. The summed E-state index contributed by atoms with van der Waals surface area (Å²) in [7, 11) is 0. The predicted octanol–water partition coefficient (Wildman–Crippen LogP) is 5.45. The van der Waals surface area contributed by atoms with Crippen molar-refractivity contribution >= 4 is 23.2 Å². The van der Waals surface area contributed by atoms with E-state index in [2.05, 4.69) is 39.8 Å². The van der Waals surface area contributed by atoms with Crippen LogP contribution in [0.3, 0.4) is 0 Å². The third kappa shape index (κ3) is 6.58. The van der Waals surface area contributed by atoms with Gasteiger partial charge in [0.15, 0.2) is 0 Å². The first-order chi connectivity index (χ1) is 18.5. The third-order valence-electron chi connectivity index (χ3n) is 7.42. The Morgan fingerprint density at radius 2 is 1.74 bits per heavy atom. The maximum absolute atomic E-state index is 13.6. The van der Waals surface area contributed by atoms with Gasteiger partial charge in [0.05, 0.1) is 11.7 Å². The van der Waals surface area contributed by atoms with Gasteiger partial charge >= 0.3 is 0 Å². The van der Waals surface area contributed by atoms with E-state index in [1.807, 2.05) is 12.1 Å². The molecule has 38 heavy (non-hydrogen) atoms. The van der Waals surface area contributed by atoms with E-state index < -0.39 is 11.7 Å². The standard InChI is InChI=1S/C31H34FN3O3/c32-25-9-4-8-24(19-25)30(36)34-26-11-12-29(28(20-26)31(37)33-21-27-10-5-17-38-27)35-15-13-23(14-16-35)18-22-6-2-1-3-7-22/h1-4,6-9,11-12,19-20,23,27H,5,10,13-18,21H2,(H,33,37)(H,34,36). The second-order valence-electron chi connectivity index (χ2n) is 10.2. The molecule has 2 aliphatic heterocycles. The molecule has 7 heteroatoms. The zero-order valence-corrected chi connectivity index (χ0v) is 21.5. The summed E-state index contributed by atoms with van der Waals surface area (Å²) in [6.07, 6.45) is 5.13. The van der Waals surface area contributed by atoms with E-state index in [4.69, 9.17) is 4.74 Å². The first kappa shape index (κ1) is 25.9. The molecule has 0 bridgehead atoms. The van der Waals surface area contributed by atoms with Gasteiger partial charge in [0.1, 0.15) is 5.82 Å². The number of ether oxygens (including phenoxy) is 1. The smallest absolute Gasteiger partial charge is 0.255 e. The van der Waals surface area contributed by atoms with Crippen LogP contribution in [0.15, 0.2) is 72.8 Å². The van der Waals surface area contributed by atoms with E-state index in [1.54, 1.807) is 18.2 Å². The molecule has 2 aliphatic rings. The highest BCUT2D eigenvalue weighted by atomic mass is 19.1. The molecular weight excluding hydrogens is 481 g/mol. The fourth-order valence-corrected chi connectivity index (χ4v) is 5.34. The normalized spacial score (nSPS) is 17.8. The van der Waals surface area contributed by atoms with Crippen LogP contribution in [0.5, 0.6) is 0 Å². The average molecular weight is 516 g/mol. The predicted molar refractivity (Wildman–Crippen MR) is 147 cm³/mol. The molecule has 0 aromatic heterocycles. The van der Waals surface area contributed by atoms with Crippen LogP contribution in [0.1, 0.15) is 52.0 Å². The lowest BCUT2D eigenvalue weighted by molar-refractivity contribution is 0.0858. The summed E-state index contributed by atoms with van der Waals surface area (Å²) in [6, 6.07) is 21.5. The Balaban J connectivity index is 1.31. The Morgan fingerprint density at radius 1 is 0.921 bits per heavy atom. The lowest BCUT2D eigenvalue weighted by Gasteiger charge is -2.35. The van der Waals surface area contributed by atoms with Crippen LogP contribution < -0.4 is 15.5 Å². The van der Waals surface area contributed by atoms with Gasteiger partial charge in [-0.05, 0) is 80.0 Å². The third-order valence-corrected chi connectivity index (χ3v) is 7.42. The summed E-state index contributed by atoms with van der Waals surface area (Å²) in [6.45, 7) is 2.90. The summed E-state index contributed by atoms with van der Waals surface area (Å²) in [5.74, 6) is -0.485. The molecule has 0 spiro atoms. The maximum atomic E-state index is 13.6. The Labute approximate surface area is 223 Å². The van der Waals surface area contributed by atoms with Gasteiger partial charge < -0.3 is 20.3 Å². The zero-order chi connectivity index (χ0) is 26.3. The van der Waals surface area contributed by atoms with Gasteiger partial charge in [-0.3, -0.25) is 9.59 Å². The van der Waals surface area contributed by atoms with Crippen molar-refractivity contribution in [3.63, 3.8) is 0 Å². The number of piperidine rings is 1. The molecule has 2 N–H and O–H groups in total. The minimum atomic E-state index is -0.474. The van der Waals surface area contributed by atoms with E-state index >= 15 is 0 Å². The fraction of sp³-hybridized carbons (Fsp3) is 0.355. The highest BCUT2D eigenvalue weighted by Gasteiger charge is 2.25. The largest absolute Gasteiger partial charge is 0.376 e. The number of amides is 2. The number of carbonyl (C=O) groups is 2. The molecule has 0 radical (unpaired) electrons. The SMILES string of the molecule is O=C(Nc1ccc(N2CCC(Cc3ccccc3)CC2)c(C(=O)NCC2CCCO2)c1)c1cccc(F)c1. The van der Waals surface area contributed by atoms with Crippen LogP contribution in [-0.4, -0.2) is 44.2 Å². The summed E-state index contributed by atoms with van der Waals surface area (Å²) < 4.78 is 19.3. The van der Waals surface area contributed by atoms with Gasteiger partial charge in [-0.15, -0.1) is 0 Å². The molecule has 198 valence electrons. The van der Waals surface area contributed by atoms with Gasteiger partial charge in [-0.25, -0.2) is 4.39 Å². The number of halogens is 1. The molecule has 1 unspecified atom stereocenters. The molecule has 3 aromatic rings. The molecule has 0 saturated carbocycles. The van der Waals surface area contributed by atoms with Crippen molar-refractivity contribution in [1.82, 2.24) is 5.32 Å². The highest BCUT2D eigenvalue weighted by molar-refractivity contribution is 6.06. The molecule has 0 aliphatic carbocycles. The van der Waals surface area contributed by atoms with Crippen molar-refractivity contribution in [2.45, 2.75) is 38.2 Å². The molecule has 1 atom stereocenters. The Bertz CT molecular complexity index is 1250. The molecular formula is C31H34FN3O3. The summed E-state index contributed by atoms with van der Waals surface area (Å²) >= 11 is 0. The van der Waals surface area contributed by atoms with Crippen molar-refractivity contribution in [2.75, 3.05) is 36.5 Å². The maximum Gasteiger partial charge on any atom is 0.255 e. The topological polar surface area (TPSA) is 70.7 Å². The number of rotatable bonds is 8.